The third-order valence-corrected chi connectivity index (χ3v) is 6.82. The minimum absolute atomic E-state index is 0.0212. The zero-order valence-electron chi connectivity index (χ0n) is 20.1. The fourth-order valence-electron chi connectivity index (χ4n) is 3.88. The van der Waals surface area contributed by atoms with Crippen molar-refractivity contribution in [1.82, 2.24) is 15.1 Å². The minimum atomic E-state index is -0.432. The van der Waals surface area contributed by atoms with Gasteiger partial charge in [-0.3, -0.25) is 4.79 Å². The molecule has 1 N–H and O–H groups in total. The van der Waals surface area contributed by atoms with Gasteiger partial charge in [0.2, 0.25) is 5.91 Å². The monoisotopic (exact) mass is 475 g/mol. The lowest BCUT2D eigenvalue weighted by Gasteiger charge is -2.38. The lowest BCUT2D eigenvalue weighted by Crippen LogP contribution is -2.55. The Hall–Kier alpha value is -2.61. The van der Waals surface area contributed by atoms with E-state index in [1.807, 2.05) is 46.1 Å². The van der Waals surface area contributed by atoms with E-state index in [-0.39, 0.29) is 42.9 Å². The topological polar surface area (TPSA) is 61.9 Å². The lowest BCUT2D eigenvalue weighted by molar-refractivity contribution is -0.136. The molecule has 1 aliphatic heterocycles. The first-order valence-corrected chi connectivity index (χ1v) is 12.3. The van der Waals surface area contributed by atoms with Gasteiger partial charge >= 0.3 is 6.03 Å². The van der Waals surface area contributed by atoms with Gasteiger partial charge < -0.3 is 19.9 Å². The molecule has 33 heavy (non-hydrogen) atoms. The van der Waals surface area contributed by atoms with Crippen molar-refractivity contribution in [2.75, 3.05) is 19.7 Å². The molecule has 0 saturated carbocycles. The number of carbonyl (C=O) groups excluding carboxylic acids is 2. The van der Waals surface area contributed by atoms with Crippen LogP contribution >= 0.6 is 11.3 Å². The van der Waals surface area contributed by atoms with Crippen LogP contribution in [0.5, 0.6) is 5.75 Å². The molecule has 1 aliphatic rings. The third kappa shape index (κ3) is 6.25. The second kappa shape index (κ2) is 10.5. The van der Waals surface area contributed by atoms with E-state index in [0.717, 1.165) is 18.4 Å². The molecule has 1 aromatic heterocycles. The van der Waals surface area contributed by atoms with Crippen LogP contribution in [0.3, 0.4) is 0 Å². The average Bonchev–Trinajstić information content (AvgIpc) is 3.24. The second-order valence-corrected chi connectivity index (χ2v) is 10.5. The summed E-state index contributed by atoms with van der Waals surface area (Å²) in [6.45, 7) is 10.4. The molecule has 0 radical (unpaired) electrons. The van der Waals surface area contributed by atoms with Crippen molar-refractivity contribution in [2.45, 2.75) is 65.1 Å². The van der Waals surface area contributed by atoms with Gasteiger partial charge in [-0.2, -0.15) is 0 Å². The number of rotatable bonds is 7. The Kier molecular flexibility index (Phi) is 8.00. The van der Waals surface area contributed by atoms with Gasteiger partial charge in [-0.1, -0.05) is 19.1 Å². The largest absolute Gasteiger partial charge is 0.488 e. The molecule has 2 aromatic rings. The Bertz CT molecular complexity index is 972. The molecule has 3 rings (SSSR count). The number of para-hydroxylation sites is 1. The SMILES string of the molecule is CC[C@@H](C)N(CC(=O)N1CCc2sccc2[C@@H]1COc1ccccc1F)C(=O)NC(C)(C)C. The number of urea groups is 1. The van der Waals surface area contributed by atoms with Crippen molar-refractivity contribution in [3.63, 3.8) is 0 Å². The molecule has 0 bridgehead atoms. The van der Waals surface area contributed by atoms with Gasteiger partial charge in [0.05, 0.1) is 6.04 Å². The smallest absolute Gasteiger partial charge is 0.318 e. The summed E-state index contributed by atoms with van der Waals surface area (Å²) < 4.78 is 19.9. The molecule has 0 spiro atoms. The maximum absolute atomic E-state index is 14.1. The molecule has 0 aliphatic carbocycles. The maximum atomic E-state index is 14.1. The maximum Gasteiger partial charge on any atom is 0.318 e. The highest BCUT2D eigenvalue weighted by atomic mass is 32.1. The van der Waals surface area contributed by atoms with E-state index in [4.69, 9.17) is 4.74 Å². The molecular weight excluding hydrogens is 441 g/mol. The summed E-state index contributed by atoms with van der Waals surface area (Å²) in [6, 6.07) is 7.60. The number of hydrogen-bond donors (Lipinski definition) is 1. The first-order chi connectivity index (χ1) is 15.6. The van der Waals surface area contributed by atoms with Crippen LogP contribution in [0.2, 0.25) is 0 Å². The van der Waals surface area contributed by atoms with Crippen molar-refractivity contribution in [3.8, 4) is 5.75 Å². The number of carbonyl (C=O) groups is 2. The summed E-state index contributed by atoms with van der Waals surface area (Å²) in [6.07, 6.45) is 1.49. The molecule has 0 unspecified atom stereocenters. The molecule has 2 heterocycles. The lowest BCUT2D eigenvalue weighted by atomic mass is 10.00. The normalized spacial score (nSPS) is 16.7. The summed E-state index contributed by atoms with van der Waals surface area (Å²) in [5.41, 5.74) is 0.628. The molecule has 180 valence electrons. The Morgan fingerprint density at radius 3 is 2.70 bits per heavy atom. The summed E-state index contributed by atoms with van der Waals surface area (Å²) in [5.74, 6) is -0.407. The van der Waals surface area contributed by atoms with E-state index in [1.165, 1.54) is 10.9 Å². The third-order valence-electron chi connectivity index (χ3n) is 5.82. The molecule has 2 atom stereocenters. The van der Waals surface area contributed by atoms with Crippen LogP contribution < -0.4 is 10.1 Å². The van der Waals surface area contributed by atoms with Crippen molar-refractivity contribution in [3.05, 3.63) is 52.0 Å². The number of thiophene rings is 1. The molecule has 1 aromatic carbocycles. The second-order valence-electron chi connectivity index (χ2n) is 9.46. The summed E-state index contributed by atoms with van der Waals surface area (Å²) >= 11 is 1.66. The number of fused-ring (bicyclic) bond motifs is 1. The fourth-order valence-corrected chi connectivity index (χ4v) is 4.81. The van der Waals surface area contributed by atoms with Gasteiger partial charge in [-0.05, 0) is 69.7 Å². The number of benzene rings is 1. The van der Waals surface area contributed by atoms with Gasteiger partial charge in [0.25, 0.3) is 0 Å². The number of amides is 3. The fraction of sp³-hybridized carbons (Fsp3) is 0.520. The molecule has 3 amide bonds. The van der Waals surface area contributed by atoms with E-state index in [9.17, 15) is 14.0 Å². The minimum Gasteiger partial charge on any atom is -0.488 e. The summed E-state index contributed by atoms with van der Waals surface area (Å²) in [5, 5.41) is 4.98. The quantitative estimate of drug-likeness (QED) is 0.613. The molecular formula is C25H34FN3O3S. The first kappa shape index (κ1) is 25.0. The molecule has 6 nitrogen and oxygen atoms in total. The van der Waals surface area contributed by atoms with Crippen molar-refractivity contribution in [2.24, 2.45) is 0 Å². The van der Waals surface area contributed by atoms with E-state index in [1.54, 1.807) is 39.3 Å². The molecule has 8 heteroatoms. The first-order valence-electron chi connectivity index (χ1n) is 11.4. The van der Waals surface area contributed by atoms with Crippen molar-refractivity contribution in [1.29, 1.82) is 0 Å². The Labute approximate surface area is 199 Å². The zero-order valence-corrected chi connectivity index (χ0v) is 20.9. The van der Waals surface area contributed by atoms with E-state index < -0.39 is 11.4 Å². The van der Waals surface area contributed by atoms with Crippen LogP contribution in [0, 0.1) is 5.82 Å². The van der Waals surface area contributed by atoms with Crippen LogP contribution in [-0.2, 0) is 11.2 Å². The number of nitrogens with one attached hydrogen (secondary N) is 1. The highest BCUT2D eigenvalue weighted by molar-refractivity contribution is 7.10. The van der Waals surface area contributed by atoms with Gasteiger partial charge in [0, 0.05) is 23.0 Å². The van der Waals surface area contributed by atoms with E-state index in [0.29, 0.717) is 6.54 Å². The Balaban J connectivity index is 1.80. The van der Waals surface area contributed by atoms with E-state index in [2.05, 4.69) is 5.32 Å². The van der Waals surface area contributed by atoms with Gasteiger partial charge in [-0.25, -0.2) is 9.18 Å². The van der Waals surface area contributed by atoms with Gasteiger partial charge in [0.15, 0.2) is 11.6 Å². The highest BCUT2D eigenvalue weighted by Gasteiger charge is 2.34. The standard InChI is InChI=1S/C25H34FN3O3S/c1-6-17(2)29(24(31)27-25(3,4)5)15-23(30)28-13-11-22-18(12-14-33-22)20(28)16-32-21-10-8-7-9-19(21)26/h7-10,12,14,17,20H,6,11,13,15-16H2,1-5H3,(H,27,31)/t17-,20+/m1/s1. The highest BCUT2D eigenvalue weighted by Crippen LogP contribution is 2.34. The van der Waals surface area contributed by atoms with E-state index >= 15 is 0 Å². The number of nitrogens with zero attached hydrogens (tertiary/aromatic N) is 2. The van der Waals surface area contributed by atoms with Gasteiger partial charge in [0.1, 0.15) is 13.2 Å². The van der Waals surface area contributed by atoms with Crippen molar-refractivity contribution >= 4 is 23.3 Å². The van der Waals surface area contributed by atoms with Crippen LogP contribution in [0.25, 0.3) is 0 Å². The molecule has 0 fully saturated rings. The van der Waals surface area contributed by atoms with Crippen LogP contribution in [0.15, 0.2) is 35.7 Å². The van der Waals surface area contributed by atoms with Crippen molar-refractivity contribution < 1.29 is 18.7 Å². The van der Waals surface area contributed by atoms with Crippen LogP contribution in [0.1, 0.15) is 57.5 Å². The van der Waals surface area contributed by atoms with Crippen LogP contribution in [0.4, 0.5) is 9.18 Å². The number of ether oxygens (including phenoxy) is 1. The predicted molar refractivity (Wildman–Crippen MR) is 129 cm³/mol. The summed E-state index contributed by atoms with van der Waals surface area (Å²) in [7, 11) is 0. The zero-order chi connectivity index (χ0) is 24.2. The van der Waals surface area contributed by atoms with Crippen LogP contribution in [-0.4, -0.2) is 53.0 Å². The number of halogens is 1. The predicted octanol–water partition coefficient (Wildman–Crippen LogP) is 5.00. The Morgan fingerprint density at radius 1 is 1.30 bits per heavy atom. The number of hydrogen-bond acceptors (Lipinski definition) is 4. The molecule has 0 saturated heterocycles. The summed E-state index contributed by atoms with van der Waals surface area (Å²) in [4.78, 5) is 31.0. The van der Waals surface area contributed by atoms with Gasteiger partial charge in [-0.15, -0.1) is 11.3 Å². The average molecular weight is 476 g/mol. The Morgan fingerprint density at radius 2 is 2.03 bits per heavy atom.